The minimum atomic E-state index is -0.873. The molecule has 0 bridgehead atoms. The molecule has 5 heteroatoms. The van der Waals surface area contributed by atoms with Gasteiger partial charge in [0, 0.05) is 23.8 Å². The number of halogens is 1. The molecule has 0 aliphatic heterocycles. The van der Waals surface area contributed by atoms with Crippen molar-refractivity contribution < 1.29 is 9.59 Å². The van der Waals surface area contributed by atoms with E-state index in [2.05, 4.69) is 5.32 Å². The fraction of sp³-hybridized carbons (Fsp3) is 0.556. The molecule has 23 heavy (non-hydrogen) atoms. The topological polar surface area (TPSA) is 49.4 Å². The Morgan fingerprint density at radius 1 is 1.22 bits per heavy atom. The first-order chi connectivity index (χ1) is 10.9. The molecule has 1 aliphatic rings. The second-order valence-corrected chi connectivity index (χ2v) is 6.70. The largest absolute Gasteiger partial charge is 0.342 e. The predicted molar refractivity (Wildman–Crippen MR) is 93.6 cm³/mol. The van der Waals surface area contributed by atoms with Crippen molar-refractivity contribution in [3.8, 4) is 0 Å². The Morgan fingerprint density at radius 3 is 2.30 bits per heavy atom. The first kappa shape index (κ1) is 17.8. The number of hydrogen-bond acceptors (Lipinski definition) is 2. The predicted octanol–water partition coefficient (Wildman–Crippen LogP) is 4.02. The van der Waals surface area contributed by atoms with E-state index in [-0.39, 0.29) is 11.8 Å². The molecule has 4 nitrogen and oxygen atoms in total. The van der Waals surface area contributed by atoms with E-state index in [1.165, 1.54) is 0 Å². The number of anilines is 1. The maximum absolute atomic E-state index is 12.8. The third-order valence-electron chi connectivity index (χ3n) is 4.30. The van der Waals surface area contributed by atoms with Gasteiger partial charge in [0.05, 0.1) is 0 Å². The van der Waals surface area contributed by atoms with E-state index >= 15 is 0 Å². The third-order valence-corrected chi connectivity index (χ3v) is 4.71. The smallest absolute Gasteiger partial charge is 0.240 e. The summed E-state index contributed by atoms with van der Waals surface area (Å²) < 4.78 is 0. The number of aryl methyl sites for hydroxylation is 1. The fourth-order valence-corrected chi connectivity index (χ4v) is 2.92. The van der Waals surface area contributed by atoms with Crippen LogP contribution in [0.2, 0.25) is 5.02 Å². The van der Waals surface area contributed by atoms with Gasteiger partial charge in [-0.3, -0.25) is 9.59 Å². The average Bonchev–Trinajstić information content (AvgIpc) is 3.32. The van der Waals surface area contributed by atoms with Gasteiger partial charge < -0.3 is 10.2 Å². The summed E-state index contributed by atoms with van der Waals surface area (Å²) in [5.41, 5.74) is 0.725. The number of nitrogens with zero attached hydrogens (tertiary/aromatic N) is 1. The second kappa shape index (κ2) is 7.35. The van der Waals surface area contributed by atoms with Crippen LogP contribution in [0.5, 0.6) is 0 Å². The summed E-state index contributed by atoms with van der Waals surface area (Å²) >= 11 is 6.10. The van der Waals surface area contributed by atoms with Crippen LogP contribution in [0.15, 0.2) is 18.2 Å². The molecule has 1 aromatic rings. The lowest BCUT2D eigenvalue weighted by Crippen LogP contribution is -2.43. The number of carbonyl (C=O) groups is 2. The first-order valence-corrected chi connectivity index (χ1v) is 8.69. The van der Waals surface area contributed by atoms with Gasteiger partial charge in [-0.05, 0) is 50.3 Å². The molecule has 1 aliphatic carbocycles. The fourth-order valence-electron chi connectivity index (χ4n) is 2.74. The van der Waals surface area contributed by atoms with E-state index in [0.717, 1.165) is 18.4 Å². The molecule has 0 aromatic heterocycles. The molecule has 2 rings (SSSR count). The van der Waals surface area contributed by atoms with E-state index in [1.54, 1.807) is 6.07 Å². The van der Waals surface area contributed by atoms with Crippen LogP contribution in [-0.4, -0.2) is 29.8 Å². The zero-order valence-electron chi connectivity index (χ0n) is 14.1. The van der Waals surface area contributed by atoms with Gasteiger partial charge in [-0.25, -0.2) is 0 Å². The van der Waals surface area contributed by atoms with Crippen molar-refractivity contribution in [2.45, 2.75) is 46.5 Å². The Morgan fingerprint density at radius 2 is 1.83 bits per heavy atom. The van der Waals surface area contributed by atoms with Crippen LogP contribution in [0.1, 0.15) is 45.1 Å². The third kappa shape index (κ3) is 3.86. The van der Waals surface area contributed by atoms with E-state index < -0.39 is 5.41 Å². The summed E-state index contributed by atoms with van der Waals surface area (Å²) in [5, 5.41) is 3.47. The van der Waals surface area contributed by atoms with E-state index in [0.29, 0.717) is 36.6 Å². The van der Waals surface area contributed by atoms with Crippen LogP contribution in [0.25, 0.3) is 0 Å². The van der Waals surface area contributed by atoms with Crippen molar-refractivity contribution in [2.75, 3.05) is 18.4 Å². The average molecular weight is 337 g/mol. The highest BCUT2D eigenvalue weighted by atomic mass is 35.5. The molecule has 1 fully saturated rings. The molecule has 0 heterocycles. The van der Waals surface area contributed by atoms with Crippen LogP contribution in [-0.2, 0) is 9.59 Å². The van der Waals surface area contributed by atoms with Crippen molar-refractivity contribution in [2.24, 2.45) is 5.41 Å². The summed E-state index contributed by atoms with van der Waals surface area (Å²) in [6.07, 6.45) is 3.05. The van der Waals surface area contributed by atoms with Crippen LogP contribution < -0.4 is 5.32 Å². The lowest BCUT2D eigenvalue weighted by atomic mass is 10.0. The van der Waals surface area contributed by atoms with Crippen molar-refractivity contribution in [3.05, 3.63) is 28.8 Å². The molecule has 2 amide bonds. The summed E-state index contributed by atoms with van der Waals surface area (Å²) in [4.78, 5) is 27.3. The highest BCUT2D eigenvalue weighted by Crippen LogP contribution is 2.48. The molecular formula is C18H25ClN2O2. The van der Waals surface area contributed by atoms with Gasteiger partial charge in [-0.1, -0.05) is 31.5 Å². The van der Waals surface area contributed by atoms with Gasteiger partial charge >= 0.3 is 0 Å². The number of benzene rings is 1. The Labute approximate surface area is 143 Å². The highest BCUT2D eigenvalue weighted by Gasteiger charge is 2.57. The molecule has 0 saturated heterocycles. The maximum atomic E-state index is 12.8. The minimum absolute atomic E-state index is 0.0306. The standard InChI is InChI=1S/C18H25ClN2O2/c1-4-10-21(11-5-2)17(23)18(8-9-18)16(22)20-14-7-6-13(3)15(19)12-14/h6-7,12H,4-5,8-11H2,1-3H3,(H,20,22). The summed E-state index contributed by atoms with van der Waals surface area (Å²) in [7, 11) is 0. The number of nitrogens with one attached hydrogen (secondary N) is 1. The van der Waals surface area contributed by atoms with E-state index in [1.807, 2.05) is 37.8 Å². The maximum Gasteiger partial charge on any atom is 0.240 e. The van der Waals surface area contributed by atoms with Gasteiger partial charge in [-0.15, -0.1) is 0 Å². The van der Waals surface area contributed by atoms with E-state index in [4.69, 9.17) is 11.6 Å². The molecule has 0 unspecified atom stereocenters. The minimum Gasteiger partial charge on any atom is -0.342 e. The normalized spacial score (nSPS) is 15.1. The molecule has 1 saturated carbocycles. The molecule has 1 N–H and O–H groups in total. The Hall–Kier alpha value is -1.55. The lowest BCUT2D eigenvalue weighted by molar-refractivity contribution is -0.142. The number of amides is 2. The second-order valence-electron chi connectivity index (χ2n) is 6.29. The number of rotatable bonds is 7. The zero-order valence-corrected chi connectivity index (χ0v) is 14.9. The zero-order chi connectivity index (χ0) is 17.0. The van der Waals surface area contributed by atoms with Crippen molar-refractivity contribution in [1.82, 2.24) is 4.90 Å². The molecular weight excluding hydrogens is 312 g/mol. The van der Waals surface area contributed by atoms with Gasteiger partial charge in [0.2, 0.25) is 11.8 Å². The number of hydrogen-bond donors (Lipinski definition) is 1. The Bertz CT molecular complexity index is 591. The Kier molecular flexibility index (Phi) is 5.69. The van der Waals surface area contributed by atoms with Gasteiger partial charge in [-0.2, -0.15) is 0 Å². The van der Waals surface area contributed by atoms with Crippen LogP contribution in [0.3, 0.4) is 0 Å². The van der Waals surface area contributed by atoms with E-state index in [9.17, 15) is 9.59 Å². The van der Waals surface area contributed by atoms with Gasteiger partial charge in [0.15, 0.2) is 0 Å². The van der Waals surface area contributed by atoms with Crippen LogP contribution in [0, 0.1) is 12.3 Å². The quantitative estimate of drug-likeness (QED) is 0.765. The first-order valence-electron chi connectivity index (χ1n) is 8.31. The van der Waals surface area contributed by atoms with Crippen LogP contribution in [0.4, 0.5) is 5.69 Å². The molecule has 1 aromatic carbocycles. The summed E-state index contributed by atoms with van der Waals surface area (Å²) in [6, 6.07) is 5.40. The Balaban J connectivity index is 2.10. The van der Waals surface area contributed by atoms with Gasteiger partial charge in [0.25, 0.3) is 0 Å². The molecule has 0 atom stereocenters. The summed E-state index contributed by atoms with van der Waals surface area (Å²) in [6.45, 7) is 7.41. The summed E-state index contributed by atoms with van der Waals surface area (Å²) in [5.74, 6) is -0.239. The highest BCUT2D eigenvalue weighted by molar-refractivity contribution is 6.31. The van der Waals surface area contributed by atoms with Crippen molar-refractivity contribution in [1.29, 1.82) is 0 Å². The van der Waals surface area contributed by atoms with Crippen LogP contribution >= 0.6 is 11.6 Å². The lowest BCUT2D eigenvalue weighted by Gasteiger charge is -2.26. The molecule has 0 spiro atoms. The number of carbonyl (C=O) groups excluding carboxylic acids is 2. The molecule has 126 valence electrons. The van der Waals surface area contributed by atoms with Crippen molar-refractivity contribution >= 4 is 29.1 Å². The van der Waals surface area contributed by atoms with Gasteiger partial charge in [0.1, 0.15) is 5.41 Å². The molecule has 0 radical (unpaired) electrons. The monoisotopic (exact) mass is 336 g/mol. The van der Waals surface area contributed by atoms with Crippen molar-refractivity contribution in [3.63, 3.8) is 0 Å². The SMILES string of the molecule is CCCN(CCC)C(=O)C1(C(=O)Nc2ccc(C)c(Cl)c2)CC1.